The molecule has 58 valence electrons. The van der Waals surface area contributed by atoms with Crippen LogP contribution >= 0.6 is 0 Å². The lowest BCUT2D eigenvalue weighted by atomic mass is 9.91. The molecule has 0 bridgehead atoms. The van der Waals surface area contributed by atoms with Crippen LogP contribution in [0.1, 0.15) is 33.6 Å². The molecule has 0 saturated carbocycles. The Balaban J connectivity index is 0. The van der Waals surface area contributed by atoms with Crippen molar-refractivity contribution in [2.75, 3.05) is 6.61 Å². The van der Waals surface area contributed by atoms with Gasteiger partial charge in [0.2, 0.25) is 0 Å². The van der Waals surface area contributed by atoms with Crippen molar-refractivity contribution in [2.24, 2.45) is 5.41 Å². The van der Waals surface area contributed by atoms with E-state index in [-0.39, 0.29) is 12.8 Å². The summed E-state index contributed by atoms with van der Waals surface area (Å²) in [6, 6.07) is 0. The predicted molar refractivity (Wildman–Crippen MR) is 39.5 cm³/mol. The molecule has 0 fully saturated rings. The largest absolute Gasteiger partial charge is 0.854 e. The lowest BCUT2D eigenvalue weighted by Gasteiger charge is -2.18. The van der Waals surface area contributed by atoms with Gasteiger partial charge in [-0.05, 0) is 11.8 Å². The Morgan fingerprint density at radius 3 is 1.78 bits per heavy atom. The first-order chi connectivity index (χ1) is 3.56. The number of quaternary nitrogens is 1. The maximum absolute atomic E-state index is 9.98. The van der Waals surface area contributed by atoms with Gasteiger partial charge in [-0.3, -0.25) is 0 Å². The highest BCUT2D eigenvalue weighted by molar-refractivity contribution is 4.59. The molecule has 0 aromatic rings. The fraction of sp³-hybridized carbons (Fsp3) is 1.00. The van der Waals surface area contributed by atoms with Crippen LogP contribution in [0.4, 0.5) is 0 Å². The first-order valence-corrected chi connectivity index (χ1v) is 3.14. The second kappa shape index (κ2) is 4.77. The Kier molecular flexibility index (Phi) is 6.19. The first kappa shape index (κ1) is 11.7. The van der Waals surface area contributed by atoms with E-state index in [1.165, 1.54) is 0 Å². The topological polar surface area (TPSA) is 59.6 Å². The molecule has 0 aliphatic rings. The highest BCUT2D eigenvalue weighted by Gasteiger charge is 2.06. The molecule has 2 nitrogen and oxygen atoms in total. The number of hydrogen-bond acceptors (Lipinski definition) is 1. The Labute approximate surface area is 57.9 Å². The lowest BCUT2D eigenvalue weighted by molar-refractivity contribution is -0.369. The second-order valence-corrected chi connectivity index (χ2v) is 3.37. The maximum Gasteiger partial charge on any atom is -0.0383 e. The van der Waals surface area contributed by atoms with Gasteiger partial charge in [-0.25, -0.2) is 0 Å². The smallest absolute Gasteiger partial charge is 0.0383 e. The van der Waals surface area contributed by atoms with Gasteiger partial charge in [0.25, 0.3) is 0 Å². The van der Waals surface area contributed by atoms with Crippen molar-refractivity contribution in [3.05, 3.63) is 0 Å². The number of rotatable bonds is 2. The minimum absolute atomic E-state index is 0. The minimum Gasteiger partial charge on any atom is -0.854 e. The van der Waals surface area contributed by atoms with Crippen LogP contribution in [0.2, 0.25) is 0 Å². The molecule has 0 radical (unpaired) electrons. The molecule has 9 heavy (non-hydrogen) atoms. The van der Waals surface area contributed by atoms with Gasteiger partial charge in [0.15, 0.2) is 0 Å². The van der Waals surface area contributed by atoms with Crippen molar-refractivity contribution in [1.82, 2.24) is 6.15 Å². The Hall–Kier alpha value is -0.0800. The van der Waals surface area contributed by atoms with Gasteiger partial charge in [0.1, 0.15) is 0 Å². The molecular formula is C7H19NO. The SMILES string of the molecule is CC(C)(C)CCC[O-].[NH4+]. The third kappa shape index (κ3) is 11.5. The molecule has 0 rings (SSSR count). The van der Waals surface area contributed by atoms with Gasteiger partial charge in [-0.2, -0.15) is 0 Å². The second-order valence-electron chi connectivity index (χ2n) is 3.37. The monoisotopic (exact) mass is 133 g/mol. The maximum atomic E-state index is 9.98. The summed E-state index contributed by atoms with van der Waals surface area (Å²) in [6.45, 7) is 6.55. The normalized spacial score (nSPS) is 10.7. The van der Waals surface area contributed by atoms with Gasteiger partial charge in [-0.15, -0.1) is 6.61 Å². The van der Waals surface area contributed by atoms with Crippen LogP contribution in [-0.4, -0.2) is 6.61 Å². The van der Waals surface area contributed by atoms with Crippen molar-refractivity contribution in [3.63, 3.8) is 0 Å². The summed E-state index contributed by atoms with van der Waals surface area (Å²) in [5.74, 6) is 0. The van der Waals surface area contributed by atoms with E-state index >= 15 is 0 Å². The summed E-state index contributed by atoms with van der Waals surface area (Å²) in [4.78, 5) is 0. The van der Waals surface area contributed by atoms with E-state index in [9.17, 15) is 5.11 Å². The average molecular weight is 133 g/mol. The van der Waals surface area contributed by atoms with Gasteiger partial charge in [-0.1, -0.05) is 27.2 Å². The summed E-state index contributed by atoms with van der Waals surface area (Å²) in [5.41, 5.74) is 0.352. The number of hydrogen-bond donors (Lipinski definition) is 1. The van der Waals surface area contributed by atoms with Crippen molar-refractivity contribution in [1.29, 1.82) is 0 Å². The van der Waals surface area contributed by atoms with Crippen LogP contribution in [0.3, 0.4) is 0 Å². The van der Waals surface area contributed by atoms with E-state index in [1.807, 2.05) is 0 Å². The molecule has 0 heterocycles. The Morgan fingerprint density at radius 2 is 1.67 bits per heavy atom. The van der Waals surface area contributed by atoms with Gasteiger partial charge >= 0.3 is 0 Å². The lowest BCUT2D eigenvalue weighted by Crippen LogP contribution is -2.11. The van der Waals surface area contributed by atoms with E-state index < -0.39 is 0 Å². The molecule has 0 aliphatic heterocycles. The Bertz CT molecular complexity index is 56.4. The van der Waals surface area contributed by atoms with E-state index in [4.69, 9.17) is 0 Å². The molecule has 4 N–H and O–H groups in total. The molecule has 0 saturated heterocycles. The van der Waals surface area contributed by atoms with Crippen molar-refractivity contribution in [3.8, 4) is 0 Å². The molecule has 0 aromatic heterocycles. The predicted octanol–water partition coefficient (Wildman–Crippen LogP) is 1.55. The molecule has 0 aromatic carbocycles. The summed E-state index contributed by atoms with van der Waals surface area (Å²) in [7, 11) is 0. The van der Waals surface area contributed by atoms with Crippen LogP contribution in [0.25, 0.3) is 0 Å². The molecule has 0 aliphatic carbocycles. The van der Waals surface area contributed by atoms with Crippen molar-refractivity contribution < 1.29 is 5.11 Å². The zero-order valence-corrected chi connectivity index (χ0v) is 7.03. The van der Waals surface area contributed by atoms with Crippen molar-refractivity contribution in [2.45, 2.75) is 33.6 Å². The van der Waals surface area contributed by atoms with Crippen LogP contribution in [0, 0.1) is 5.41 Å². The van der Waals surface area contributed by atoms with E-state index in [1.54, 1.807) is 0 Å². The van der Waals surface area contributed by atoms with Crippen LogP contribution in [0.5, 0.6) is 0 Å². The first-order valence-electron chi connectivity index (χ1n) is 3.14. The van der Waals surface area contributed by atoms with Gasteiger partial charge in [0.05, 0.1) is 0 Å². The van der Waals surface area contributed by atoms with Crippen LogP contribution in [-0.2, 0) is 0 Å². The quantitative estimate of drug-likeness (QED) is 0.610. The molecule has 0 atom stereocenters. The zero-order chi connectivity index (χ0) is 6.62. The summed E-state index contributed by atoms with van der Waals surface area (Å²) in [5, 5.41) is 9.98. The summed E-state index contributed by atoms with van der Waals surface area (Å²) >= 11 is 0. The summed E-state index contributed by atoms with van der Waals surface area (Å²) in [6.07, 6.45) is 1.88. The minimum atomic E-state index is 0. The standard InChI is InChI=1S/C7H15O.H3N/c1-7(2,3)5-4-6-8;/h4-6H2,1-3H3;1H3/q-1;/p+1. The van der Waals surface area contributed by atoms with Crippen LogP contribution in [0.15, 0.2) is 0 Å². The van der Waals surface area contributed by atoms with E-state index in [0.29, 0.717) is 5.41 Å². The fourth-order valence-electron chi connectivity index (χ4n) is 0.602. The average Bonchev–Trinajstić information content (AvgIpc) is 1.59. The highest BCUT2D eigenvalue weighted by atomic mass is 16.2. The summed E-state index contributed by atoms with van der Waals surface area (Å²) < 4.78 is 0. The molecule has 2 heteroatoms. The molecule has 0 amide bonds. The van der Waals surface area contributed by atoms with Crippen molar-refractivity contribution >= 4 is 0 Å². The third-order valence-corrected chi connectivity index (χ3v) is 1.07. The molecule has 0 spiro atoms. The zero-order valence-electron chi connectivity index (χ0n) is 7.03. The Morgan fingerprint density at radius 1 is 1.22 bits per heavy atom. The molecular weight excluding hydrogens is 114 g/mol. The third-order valence-electron chi connectivity index (χ3n) is 1.07. The van der Waals surface area contributed by atoms with E-state index in [2.05, 4.69) is 20.8 Å². The van der Waals surface area contributed by atoms with Crippen LogP contribution < -0.4 is 11.3 Å². The fourth-order valence-corrected chi connectivity index (χ4v) is 0.602. The van der Waals surface area contributed by atoms with Gasteiger partial charge < -0.3 is 11.3 Å². The molecule has 0 unspecified atom stereocenters. The van der Waals surface area contributed by atoms with Gasteiger partial charge in [0, 0.05) is 0 Å². The van der Waals surface area contributed by atoms with E-state index in [0.717, 1.165) is 12.8 Å². The highest BCUT2D eigenvalue weighted by Crippen LogP contribution is 2.19.